The van der Waals surface area contributed by atoms with Crippen LogP contribution in [0, 0.1) is 0 Å². The summed E-state index contributed by atoms with van der Waals surface area (Å²) in [7, 11) is 3.04. The summed E-state index contributed by atoms with van der Waals surface area (Å²) in [6.07, 6.45) is 0. The summed E-state index contributed by atoms with van der Waals surface area (Å²) < 4.78 is 10.5. The van der Waals surface area contributed by atoms with Gasteiger partial charge in [-0.05, 0) is 23.6 Å². The van der Waals surface area contributed by atoms with Crippen LogP contribution in [-0.4, -0.2) is 63.8 Å². The lowest BCUT2D eigenvalue weighted by molar-refractivity contribution is -0.136. The number of hydrogen-bond donors (Lipinski definition) is 2. The third-order valence-electron chi connectivity index (χ3n) is 5.57. The molecular weight excluding hydrogens is 416 g/mol. The molecule has 0 radical (unpaired) electrons. The van der Waals surface area contributed by atoms with Gasteiger partial charge in [0, 0.05) is 43.3 Å². The van der Waals surface area contributed by atoms with Crippen molar-refractivity contribution in [1.82, 2.24) is 15.5 Å². The Balaban J connectivity index is 1.52. The Bertz CT molecular complexity index is 968. The normalized spacial score (nSPS) is 19.6. The van der Waals surface area contributed by atoms with Crippen molar-refractivity contribution in [3.63, 3.8) is 0 Å². The van der Waals surface area contributed by atoms with E-state index in [0.29, 0.717) is 17.8 Å². The van der Waals surface area contributed by atoms with E-state index in [9.17, 15) is 9.59 Å². The molecule has 4 rings (SSSR count). The highest BCUT2D eigenvalue weighted by atomic mass is 32.1. The van der Waals surface area contributed by atoms with E-state index in [1.807, 2.05) is 35.7 Å². The van der Waals surface area contributed by atoms with Gasteiger partial charge in [-0.3, -0.25) is 4.90 Å². The molecule has 2 amide bonds. The molecule has 1 aromatic carbocycles. The number of anilines is 1. The molecule has 2 aromatic rings. The molecule has 31 heavy (non-hydrogen) atoms. The van der Waals surface area contributed by atoms with Gasteiger partial charge in [0.25, 0.3) is 0 Å². The Labute approximate surface area is 185 Å². The van der Waals surface area contributed by atoms with E-state index in [2.05, 4.69) is 26.5 Å². The predicted octanol–water partition coefficient (Wildman–Crippen LogP) is 2.36. The van der Waals surface area contributed by atoms with Crippen LogP contribution in [0.4, 0.5) is 10.5 Å². The maximum absolute atomic E-state index is 12.6. The summed E-state index contributed by atoms with van der Waals surface area (Å²) in [5, 5.41) is 7.62. The maximum Gasteiger partial charge on any atom is 0.338 e. The molecule has 2 aliphatic rings. The second-order valence-electron chi connectivity index (χ2n) is 7.37. The first-order chi connectivity index (χ1) is 15.1. The standard InChI is InChI=1S/C22H26N4O4S/c1-29-17-7-4-3-6-16(17)26-11-9-25(10-12-26)14-15-19(21(27)30-2)20(24-22(28)23-15)18-8-5-13-31-18/h3-8,13,20H,9-12,14H2,1-2H3,(H2,23,24,28)/t20-/m1/s1. The third kappa shape index (κ3) is 4.52. The van der Waals surface area contributed by atoms with Gasteiger partial charge in [0.15, 0.2) is 0 Å². The minimum Gasteiger partial charge on any atom is -0.495 e. The van der Waals surface area contributed by atoms with E-state index >= 15 is 0 Å². The first-order valence-corrected chi connectivity index (χ1v) is 11.0. The van der Waals surface area contributed by atoms with Gasteiger partial charge in [-0.2, -0.15) is 0 Å². The summed E-state index contributed by atoms with van der Waals surface area (Å²) in [4.78, 5) is 30.4. The average Bonchev–Trinajstić information content (AvgIpc) is 3.34. The van der Waals surface area contributed by atoms with Crippen LogP contribution in [0.3, 0.4) is 0 Å². The van der Waals surface area contributed by atoms with E-state index in [0.717, 1.165) is 42.5 Å². The number of amides is 2. The topological polar surface area (TPSA) is 83.1 Å². The number of esters is 1. The molecule has 2 aliphatic heterocycles. The lowest BCUT2D eigenvalue weighted by Gasteiger charge is -2.38. The highest BCUT2D eigenvalue weighted by molar-refractivity contribution is 7.10. The SMILES string of the molecule is COC(=O)C1=C(CN2CCN(c3ccccc3OC)CC2)NC(=O)N[C@@H]1c1cccs1. The van der Waals surface area contributed by atoms with Crippen LogP contribution in [0.5, 0.6) is 5.75 Å². The average molecular weight is 443 g/mol. The fourth-order valence-corrected chi connectivity index (χ4v) is 4.81. The minimum absolute atomic E-state index is 0.311. The summed E-state index contributed by atoms with van der Waals surface area (Å²) in [5.41, 5.74) is 2.13. The van der Waals surface area contributed by atoms with Gasteiger partial charge in [0.2, 0.25) is 0 Å². The number of carbonyl (C=O) groups excluding carboxylic acids is 2. The zero-order valence-electron chi connectivity index (χ0n) is 17.6. The highest BCUT2D eigenvalue weighted by Gasteiger charge is 2.35. The van der Waals surface area contributed by atoms with Crippen LogP contribution in [0.1, 0.15) is 10.9 Å². The van der Waals surface area contributed by atoms with E-state index in [4.69, 9.17) is 9.47 Å². The highest BCUT2D eigenvalue weighted by Crippen LogP contribution is 2.32. The molecule has 164 valence electrons. The van der Waals surface area contributed by atoms with Gasteiger partial charge < -0.3 is 25.0 Å². The van der Waals surface area contributed by atoms with Gasteiger partial charge >= 0.3 is 12.0 Å². The Hall–Kier alpha value is -3.04. The summed E-state index contributed by atoms with van der Waals surface area (Å²) in [6, 6.07) is 11.0. The number of nitrogens with zero attached hydrogens (tertiary/aromatic N) is 2. The molecule has 1 saturated heterocycles. The Morgan fingerprint density at radius 2 is 1.90 bits per heavy atom. The van der Waals surface area contributed by atoms with Crippen LogP contribution >= 0.6 is 11.3 Å². The summed E-state index contributed by atoms with van der Waals surface area (Å²) in [5.74, 6) is 0.421. The molecule has 3 heterocycles. The largest absolute Gasteiger partial charge is 0.495 e. The molecule has 8 nitrogen and oxygen atoms in total. The van der Waals surface area contributed by atoms with Crippen molar-refractivity contribution >= 4 is 29.0 Å². The zero-order valence-corrected chi connectivity index (χ0v) is 18.4. The Morgan fingerprint density at radius 3 is 2.58 bits per heavy atom. The van der Waals surface area contributed by atoms with E-state index in [1.54, 1.807) is 7.11 Å². The number of nitrogens with one attached hydrogen (secondary N) is 2. The zero-order chi connectivity index (χ0) is 21.8. The molecule has 0 aliphatic carbocycles. The molecule has 0 unspecified atom stereocenters. The van der Waals surface area contributed by atoms with Crippen molar-refractivity contribution in [1.29, 1.82) is 0 Å². The van der Waals surface area contributed by atoms with Crippen LogP contribution in [0.2, 0.25) is 0 Å². The van der Waals surface area contributed by atoms with Gasteiger partial charge in [-0.15, -0.1) is 11.3 Å². The molecule has 2 N–H and O–H groups in total. The van der Waals surface area contributed by atoms with Crippen molar-refractivity contribution in [2.45, 2.75) is 6.04 Å². The van der Waals surface area contributed by atoms with Crippen molar-refractivity contribution in [3.05, 3.63) is 57.9 Å². The van der Waals surface area contributed by atoms with Crippen LogP contribution < -0.4 is 20.3 Å². The number of hydrogen-bond acceptors (Lipinski definition) is 7. The molecule has 0 spiro atoms. The monoisotopic (exact) mass is 442 g/mol. The van der Waals surface area contributed by atoms with Crippen molar-refractivity contribution in [2.24, 2.45) is 0 Å². The Kier molecular flexibility index (Phi) is 6.43. The van der Waals surface area contributed by atoms with Crippen LogP contribution in [0.15, 0.2) is 53.0 Å². The number of para-hydroxylation sites is 2. The van der Waals surface area contributed by atoms with Crippen LogP contribution in [0.25, 0.3) is 0 Å². The number of carbonyl (C=O) groups is 2. The molecular formula is C22H26N4O4S. The number of rotatable bonds is 6. The summed E-state index contributed by atoms with van der Waals surface area (Å²) >= 11 is 1.50. The number of thiophene rings is 1. The van der Waals surface area contributed by atoms with E-state index in [1.165, 1.54) is 18.4 Å². The smallest absolute Gasteiger partial charge is 0.338 e. The van der Waals surface area contributed by atoms with Gasteiger partial charge in [-0.25, -0.2) is 9.59 Å². The third-order valence-corrected chi connectivity index (χ3v) is 6.50. The Morgan fingerprint density at radius 1 is 1.13 bits per heavy atom. The molecule has 9 heteroatoms. The first-order valence-electron chi connectivity index (χ1n) is 10.1. The maximum atomic E-state index is 12.6. The second-order valence-corrected chi connectivity index (χ2v) is 8.35. The van der Waals surface area contributed by atoms with E-state index < -0.39 is 12.0 Å². The lowest BCUT2D eigenvalue weighted by Crippen LogP contribution is -2.51. The van der Waals surface area contributed by atoms with Gasteiger partial charge in [-0.1, -0.05) is 18.2 Å². The predicted molar refractivity (Wildman–Crippen MR) is 119 cm³/mol. The van der Waals surface area contributed by atoms with Crippen molar-refractivity contribution < 1.29 is 19.1 Å². The number of methoxy groups -OCH3 is 2. The fraction of sp³-hybridized carbons (Fsp3) is 0.364. The van der Waals surface area contributed by atoms with E-state index in [-0.39, 0.29) is 6.03 Å². The number of ether oxygens (including phenoxy) is 2. The number of piperazine rings is 1. The summed E-state index contributed by atoms with van der Waals surface area (Å²) in [6.45, 7) is 3.70. The minimum atomic E-state index is -0.508. The molecule has 1 atom stereocenters. The molecule has 1 aromatic heterocycles. The van der Waals surface area contributed by atoms with Crippen LogP contribution in [-0.2, 0) is 9.53 Å². The molecule has 0 bridgehead atoms. The number of benzene rings is 1. The fourth-order valence-electron chi connectivity index (χ4n) is 4.02. The second kappa shape index (κ2) is 9.40. The molecule has 0 saturated carbocycles. The first kappa shape index (κ1) is 21.2. The number of urea groups is 1. The quantitative estimate of drug-likeness (QED) is 0.669. The van der Waals surface area contributed by atoms with Crippen molar-refractivity contribution in [3.8, 4) is 5.75 Å². The van der Waals surface area contributed by atoms with Gasteiger partial charge in [0.1, 0.15) is 5.75 Å². The van der Waals surface area contributed by atoms with Crippen molar-refractivity contribution in [2.75, 3.05) is 51.8 Å². The molecule has 1 fully saturated rings. The lowest BCUT2D eigenvalue weighted by atomic mass is 10.0. The van der Waals surface area contributed by atoms with Gasteiger partial charge in [0.05, 0.1) is 31.5 Å².